The van der Waals surface area contributed by atoms with E-state index in [-0.39, 0.29) is 30.0 Å². The van der Waals surface area contributed by atoms with Crippen LogP contribution in [0.25, 0.3) is 0 Å². The van der Waals surface area contributed by atoms with Gasteiger partial charge in [-0.15, -0.1) is 11.3 Å². The van der Waals surface area contributed by atoms with Gasteiger partial charge < -0.3 is 10.2 Å². The van der Waals surface area contributed by atoms with Gasteiger partial charge in [0.1, 0.15) is 17.7 Å². The molecule has 5 rings (SSSR count). The Labute approximate surface area is 262 Å². The molecule has 1 unspecified atom stereocenters. The summed E-state index contributed by atoms with van der Waals surface area (Å²) < 4.78 is 26.8. The molecule has 10 nitrogen and oxygen atoms in total. The van der Waals surface area contributed by atoms with Crippen molar-refractivity contribution in [1.29, 1.82) is 0 Å². The van der Waals surface area contributed by atoms with Crippen LogP contribution in [0.3, 0.4) is 0 Å². The molecule has 0 spiro atoms. The Kier molecular flexibility index (Phi) is 9.88. The first kappa shape index (κ1) is 32.3. The predicted molar refractivity (Wildman–Crippen MR) is 167 cm³/mol. The number of carbonyl (C=O) groups excluding carboxylic acids is 1. The number of hydrogen-bond acceptors (Lipinski definition) is 8. The van der Waals surface area contributed by atoms with E-state index >= 15 is 0 Å². The van der Waals surface area contributed by atoms with E-state index in [9.17, 15) is 28.2 Å². The second-order valence-corrected chi connectivity index (χ2v) is 14.8. The van der Waals surface area contributed by atoms with Gasteiger partial charge in [-0.05, 0) is 67.0 Å². The van der Waals surface area contributed by atoms with Gasteiger partial charge in [0, 0.05) is 17.5 Å². The average molecular weight is 642 g/mol. The van der Waals surface area contributed by atoms with E-state index < -0.39 is 40.1 Å². The molecule has 4 N–H and O–H groups in total. The molecule has 1 aromatic heterocycles. The van der Waals surface area contributed by atoms with Gasteiger partial charge in [-0.2, -0.15) is 0 Å². The minimum atomic E-state index is -3.42. The van der Waals surface area contributed by atoms with Gasteiger partial charge >= 0.3 is 5.97 Å². The summed E-state index contributed by atoms with van der Waals surface area (Å²) in [5.74, 6) is -2.25. The zero-order valence-corrected chi connectivity index (χ0v) is 26.7. The van der Waals surface area contributed by atoms with Crippen molar-refractivity contribution in [2.24, 2.45) is 5.92 Å². The lowest BCUT2D eigenvalue weighted by Gasteiger charge is -2.51. The fraction of sp³-hybridized carbons (Fsp3) is 0.438. The molecule has 1 aliphatic carbocycles. The third-order valence-electron chi connectivity index (χ3n) is 8.67. The molecular weight excluding hydrogens is 603 g/mol. The molecule has 0 saturated heterocycles. The van der Waals surface area contributed by atoms with Gasteiger partial charge in [-0.3, -0.25) is 14.5 Å². The number of aliphatic hydroxyl groups is 1. The van der Waals surface area contributed by atoms with E-state index in [1.54, 1.807) is 6.07 Å². The Morgan fingerprint density at radius 1 is 1.02 bits per heavy atom. The summed E-state index contributed by atoms with van der Waals surface area (Å²) in [6, 6.07) is 15.8. The number of carboxylic acid groups (broad SMARTS) is 1. The van der Waals surface area contributed by atoms with Crippen molar-refractivity contribution >= 4 is 33.2 Å². The van der Waals surface area contributed by atoms with Gasteiger partial charge in [0.25, 0.3) is 5.91 Å². The average Bonchev–Trinajstić information content (AvgIpc) is 3.45. The van der Waals surface area contributed by atoms with Crippen LogP contribution in [0.1, 0.15) is 86.2 Å². The number of sulfonamides is 1. The van der Waals surface area contributed by atoms with Crippen molar-refractivity contribution in [3.63, 3.8) is 0 Å². The number of benzene rings is 2. The fourth-order valence-electron chi connectivity index (χ4n) is 6.74. The van der Waals surface area contributed by atoms with Crippen LogP contribution in [0.4, 0.5) is 0 Å². The van der Waals surface area contributed by atoms with E-state index in [1.807, 2.05) is 55.1 Å². The molecule has 236 valence electrons. The van der Waals surface area contributed by atoms with Crippen LogP contribution in [0.15, 0.2) is 54.6 Å². The first-order valence-corrected chi connectivity index (χ1v) is 17.4. The number of hydrogen-bond donors (Lipinski definition) is 4. The van der Waals surface area contributed by atoms with E-state index in [0.717, 1.165) is 60.0 Å². The number of fused-ring (bicyclic) bond motifs is 1. The Morgan fingerprint density at radius 3 is 2.43 bits per heavy atom. The number of rotatable bonds is 10. The highest BCUT2D eigenvalue weighted by Gasteiger charge is 2.49. The molecule has 0 bridgehead atoms. The van der Waals surface area contributed by atoms with E-state index in [2.05, 4.69) is 16.3 Å². The summed E-state index contributed by atoms with van der Waals surface area (Å²) in [5, 5.41) is 21.3. The molecule has 5 atom stereocenters. The minimum Gasteiger partial charge on any atom is -0.477 e. The second kappa shape index (κ2) is 13.5. The van der Waals surface area contributed by atoms with Gasteiger partial charge in [0.15, 0.2) is 0 Å². The SMILES string of the molecule is Cc1ccc([C@H]2[C@H](C(=O)NOCc3ccc(C(=O)O)s3)c3ccccc3C(O)N2[C@H]2CCCC[C@@H]2CNS(C)(=O)=O)c(C)c1. The minimum absolute atomic E-state index is 0.000475. The van der Waals surface area contributed by atoms with Crippen molar-refractivity contribution in [3.8, 4) is 0 Å². The van der Waals surface area contributed by atoms with Crippen molar-refractivity contribution in [1.82, 2.24) is 15.1 Å². The number of carboxylic acids is 1. The molecule has 1 fully saturated rings. The van der Waals surface area contributed by atoms with Gasteiger partial charge in [0.2, 0.25) is 10.0 Å². The quantitative estimate of drug-likeness (QED) is 0.236. The maximum Gasteiger partial charge on any atom is 0.345 e. The number of hydroxylamine groups is 1. The monoisotopic (exact) mass is 641 g/mol. The predicted octanol–water partition coefficient (Wildman–Crippen LogP) is 4.55. The Bertz CT molecular complexity index is 1620. The molecule has 2 aliphatic rings. The summed E-state index contributed by atoms with van der Waals surface area (Å²) in [6.07, 6.45) is 3.53. The largest absolute Gasteiger partial charge is 0.477 e. The number of nitrogens with one attached hydrogen (secondary N) is 2. The first-order chi connectivity index (χ1) is 20.9. The highest BCUT2D eigenvalue weighted by atomic mass is 32.2. The zero-order chi connectivity index (χ0) is 31.6. The lowest BCUT2D eigenvalue weighted by molar-refractivity contribution is -0.145. The number of amides is 1. The summed E-state index contributed by atoms with van der Waals surface area (Å²) in [6.45, 7) is 4.25. The number of nitrogens with zero attached hydrogens (tertiary/aromatic N) is 1. The molecule has 44 heavy (non-hydrogen) atoms. The molecule has 1 amide bonds. The van der Waals surface area contributed by atoms with Crippen LogP contribution in [0, 0.1) is 19.8 Å². The summed E-state index contributed by atoms with van der Waals surface area (Å²) in [7, 11) is -3.42. The molecule has 3 aromatic rings. The third-order valence-corrected chi connectivity index (χ3v) is 10.4. The van der Waals surface area contributed by atoms with Crippen LogP contribution in [-0.4, -0.2) is 54.2 Å². The number of aliphatic hydroxyl groups excluding tert-OH is 1. The van der Waals surface area contributed by atoms with Crippen LogP contribution < -0.4 is 10.2 Å². The van der Waals surface area contributed by atoms with E-state index in [0.29, 0.717) is 16.0 Å². The Morgan fingerprint density at radius 2 is 1.75 bits per heavy atom. The molecule has 1 saturated carbocycles. The standard InChI is InChI=1S/C32H39N3O7S2/c1-19-12-14-23(20(2)16-19)29-28(30(36)34-42-18-22-13-15-27(43-22)32(38)39)24-9-5-6-10-25(24)31(37)35(29)26-11-7-4-8-21(26)17-33-44(3,40)41/h5-6,9-10,12-16,21,26,28-29,31,33,37H,4,7-8,11,17-18H2,1-3H3,(H,34,36)(H,38,39)/t21-,26+,28-,29+,31?/m1/s1. The third kappa shape index (κ3) is 7.06. The number of thiophene rings is 1. The Balaban J connectivity index is 1.54. The summed E-state index contributed by atoms with van der Waals surface area (Å²) in [5.41, 5.74) is 6.89. The van der Waals surface area contributed by atoms with Crippen LogP contribution in [-0.2, 0) is 26.3 Å². The fourth-order valence-corrected chi connectivity index (χ4v) is 8.02. The highest BCUT2D eigenvalue weighted by molar-refractivity contribution is 7.88. The summed E-state index contributed by atoms with van der Waals surface area (Å²) in [4.78, 5) is 34.0. The number of carbonyl (C=O) groups is 2. The van der Waals surface area contributed by atoms with Crippen molar-refractivity contribution in [2.45, 2.75) is 70.4 Å². The van der Waals surface area contributed by atoms with Crippen molar-refractivity contribution in [3.05, 3.63) is 92.2 Å². The highest BCUT2D eigenvalue weighted by Crippen LogP contribution is 2.51. The molecule has 12 heteroatoms. The molecule has 2 aromatic carbocycles. The van der Waals surface area contributed by atoms with Gasteiger partial charge in [0.05, 0.1) is 18.2 Å². The molecule has 0 radical (unpaired) electrons. The molecular formula is C32H39N3O7S2. The Hall–Kier alpha value is -3.13. The molecule has 1 aliphatic heterocycles. The van der Waals surface area contributed by atoms with E-state index in [1.165, 1.54) is 6.07 Å². The topological polar surface area (TPSA) is 145 Å². The maximum absolute atomic E-state index is 14.2. The van der Waals surface area contributed by atoms with E-state index in [4.69, 9.17) is 4.84 Å². The van der Waals surface area contributed by atoms with Crippen LogP contribution >= 0.6 is 11.3 Å². The lowest BCUT2D eigenvalue weighted by atomic mass is 9.74. The van der Waals surface area contributed by atoms with Crippen molar-refractivity contribution < 1.29 is 33.1 Å². The zero-order valence-electron chi connectivity index (χ0n) is 25.0. The summed E-state index contributed by atoms with van der Waals surface area (Å²) >= 11 is 1.08. The van der Waals surface area contributed by atoms with Crippen molar-refractivity contribution in [2.75, 3.05) is 12.8 Å². The lowest BCUT2D eigenvalue weighted by Crippen LogP contribution is -2.54. The van der Waals surface area contributed by atoms with Crippen LogP contribution in [0.2, 0.25) is 0 Å². The normalized spacial score (nSPS) is 24.0. The second-order valence-electron chi connectivity index (χ2n) is 11.8. The first-order valence-electron chi connectivity index (χ1n) is 14.7. The number of aromatic carboxylic acids is 1. The van der Waals surface area contributed by atoms with Gasteiger partial charge in [-0.25, -0.2) is 23.4 Å². The number of aryl methyl sites for hydroxylation is 2. The van der Waals surface area contributed by atoms with Crippen LogP contribution in [0.5, 0.6) is 0 Å². The molecule has 2 heterocycles. The maximum atomic E-state index is 14.2. The smallest absolute Gasteiger partial charge is 0.345 e. The van der Waals surface area contributed by atoms with Gasteiger partial charge in [-0.1, -0.05) is 60.9 Å².